The van der Waals surface area contributed by atoms with Crippen LogP contribution in [0.25, 0.3) is 11.3 Å². The molecule has 2 aromatic carbocycles. The Hall–Kier alpha value is -3.69. The third-order valence-electron chi connectivity index (χ3n) is 5.56. The zero-order chi connectivity index (χ0) is 24.1. The van der Waals surface area contributed by atoms with Gasteiger partial charge in [0, 0.05) is 30.8 Å². The zero-order valence-corrected chi connectivity index (χ0v) is 18.1. The molecule has 10 heteroatoms. The highest BCUT2D eigenvalue weighted by molar-refractivity contribution is 5.79. The van der Waals surface area contributed by atoms with Crippen LogP contribution in [0.2, 0.25) is 0 Å². The van der Waals surface area contributed by atoms with Gasteiger partial charge in [0.2, 0.25) is 5.91 Å². The number of anilines is 1. The van der Waals surface area contributed by atoms with Gasteiger partial charge in [-0.3, -0.25) is 4.79 Å². The number of halogens is 4. The number of ether oxygens (including phenoxy) is 1. The second kappa shape index (κ2) is 10.1. The first-order valence-electron chi connectivity index (χ1n) is 10.7. The Morgan fingerprint density at radius 3 is 2.53 bits per heavy atom. The van der Waals surface area contributed by atoms with Crippen LogP contribution in [0.4, 0.5) is 23.4 Å². The van der Waals surface area contributed by atoms with Crippen molar-refractivity contribution in [2.24, 2.45) is 5.92 Å². The normalized spacial score (nSPS) is 16.2. The minimum Gasteiger partial charge on any atom is -0.405 e. The second-order valence-electron chi connectivity index (χ2n) is 7.94. The van der Waals surface area contributed by atoms with Crippen LogP contribution < -0.4 is 15.0 Å². The largest absolute Gasteiger partial charge is 0.573 e. The van der Waals surface area contributed by atoms with E-state index in [4.69, 9.17) is 0 Å². The predicted octanol–water partition coefficient (Wildman–Crippen LogP) is 4.71. The van der Waals surface area contributed by atoms with E-state index in [-0.39, 0.29) is 35.5 Å². The van der Waals surface area contributed by atoms with Crippen molar-refractivity contribution in [2.45, 2.75) is 25.7 Å². The third-order valence-corrected chi connectivity index (χ3v) is 5.56. The van der Waals surface area contributed by atoms with Crippen LogP contribution >= 0.6 is 0 Å². The molecule has 1 unspecified atom stereocenters. The van der Waals surface area contributed by atoms with Gasteiger partial charge in [-0.25, -0.2) is 4.39 Å². The molecule has 0 saturated carbocycles. The highest BCUT2D eigenvalue weighted by Crippen LogP contribution is 2.27. The van der Waals surface area contributed by atoms with Crippen LogP contribution in [0, 0.1) is 11.7 Å². The molecule has 0 bridgehead atoms. The fourth-order valence-corrected chi connectivity index (χ4v) is 3.87. The van der Waals surface area contributed by atoms with Crippen LogP contribution in [0.3, 0.4) is 0 Å². The van der Waals surface area contributed by atoms with Crippen molar-refractivity contribution < 1.29 is 27.1 Å². The van der Waals surface area contributed by atoms with Crippen LogP contribution in [-0.2, 0) is 11.3 Å². The van der Waals surface area contributed by atoms with Crippen molar-refractivity contribution in [2.75, 3.05) is 18.0 Å². The van der Waals surface area contributed by atoms with Gasteiger partial charge in [0.05, 0.1) is 11.6 Å². The smallest absolute Gasteiger partial charge is 0.405 e. The molecule has 1 atom stereocenters. The number of piperidine rings is 1. The first kappa shape index (κ1) is 23.5. The molecule has 1 amide bonds. The molecule has 1 saturated heterocycles. The molecule has 1 aliphatic rings. The molecule has 0 aliphatic carbocycles. The standard InChI is InChI=1S/C24H22F4N4O2/c25-19-9-7-16(8-10-19)20-11-12-22(31-30-20)32-13-3-5-18(15-32)23(33)29-14-17-4-1-2-6-21(17)34-24(26,27)28/h1-2,4,6-12,18H,3,5,13-15H2,(H,29,33). The number of para-hydroxylation sites is 1. The number of aromatic nitrogens is 2. The van der Waals surface area contributed by atoms with Crippen LogP contribution in [0.15, 0.2) is 60.7 Å². The summed E-state index contributed by atoms with van der Waals surface area (Å²) in [6, 6.07) is 15.3. The first-order valence-corrected chi connectivity index (χ1v) is 10.7. The summed E-state index contributed by atoms with van der Waals surface area (Å²) in [5.74, 6) is -0.642. The van der Waals surface area contributed by atoms with E-state index in [1.807, 2.05) is 4.90 Å². The maximum Gasteiger partial charge on any atom is 0.573 e. The summed E-state index contributed by atoms with van der Waals surface area (Å²) in [6.45, 7) is 1.04. The molecule has 0 radical (unpaired) electrons. The number of hydrogen-bond donors (Lipinski definition) is 1. The van der Waals surface area contributed by atoms with E-state index in [1.165, 1.54) is 30.3 Å². The summed E-state index contributed by atoms with van der Waals surface area (Å²) in [5.41, 5.74) is 1.59. The first-order chi connectivity index (χ1) is 16.3. The summed E-state index contributed by atoms with van der Waals surface area (Å²) >= 11 is 0. The monoisotopic (exact) mass is 474 g/mol. The molecule has 6 nitrogen and oxygen atoms in total. The predicted molar refractivity (Wildman–Crippen MR) is 117 cm³/mol. The van der Waals surface area contributed by atoms with Gasteiger partial charge in [0.1, 0.15) is 11.6 Å². The molecule has 1 aliphatic heterocycles. The molecule has 1 aromatic heterocycles. The van der Waals surface area contributed by atoms with Crippen molar-refractivity contribution >= 4 is 11.7 Å². The summed E-state index contributed by atoms with van der Waals surface area (Å²) in [7, 11) is 0. The van der Waals surface area contributed by atoms with E-state index in [0.717, 1.165) is 12.0 Å². The zero-order valence-electron chi connectivity index (χ0n) is 18.1. The Bertz CT molecular complexity index is 1120. The molecule has 0 spiro atoms. The van der Waals surface area contributed by atoms with Crippen LogP contribution in [-0.4, -0.2) is 35.6 Å². The number of hydrogen-bond acceptors (Lipinski definition) is 5. The van der Waals surface area contributed by atoms with Gasteiger partial charge < -0.3 is 15.0 Å². The van der Waals surface area contributed by atoms with Crippen molar-refractivity contribution in [3.63, 3.8) is 0 Å². The summed E-state index contributed by atoms with van der Waals surface area (Å²) in [5, 5.41) is 11.2. The number of carbonyl (C=O) groups is 1. The molecule has 3 aromatic rings. The number of alkyl halides is 3. The maximum absolute atomic E-state index is 13.1. The minimum absolute atomic E-state index is 0.0756. The molecular weight excluding hydrogens is 452 g/mol. The van der Waals surface area contributed by atoms with Crippen LogP contribution in [0.5, 0.6) is 5.75 Å². The quantitative estimate of drug-likeness (QED) is 0.524. The summed E-state index contributed by atoms with van der Waals surface area (Å²) in [4.78, 5) is 14.7. The SMILES string of the molecule is O=C(NCc1ccccc1OC(F)(F)F)C1CCCN(c2ccc(-c3ccc(F)cc3)nn2)C1. The van der Waals surface area contributed by atoms with Gasteiger partial charge >= 0.3 is 6.36 Å². The lowest BCUT2D eigenvalue weighted by atomic mass is 9.97. The van der Waals surface area contributed by atoms with E-state index in [1.54, 1.807) is 30.3 Å². The van der Waals surface area contributed by atoms with E-state index < -0.39 is 6.36 Å². The number of rotatable bonds is 6. The molecule has 1 fully saturated rings. The van der Waals surface area contributed by atoms with Crippen molar-refractivity contribution in [3.8, 4) is 17.0 Å². The average molecular weight is 474 g/mol. The number of nitrogens with zero attached hydrogens (tertiary/aromatic N) is 3. The van der Waals surface area contributed by atoms with E-state index in [9.17, 15) is 22.4 Å². The molecule has 34 heavy (non-hydrogen) atoms. The Labute approximate surface area is 193 Å². The molecule has 4 rings (SSSR count). The van der Waals surface area contributed by atoms with E-state index >= 15 is 0 Å². The lowest BCUT2D eigenvalue weighted by Crippen LogP contribution is -2.43. The van der Waals surface area contributed by atoms with Gasteiger partial charge in [-0.1, -0.05) is 18.2 Å². The highest BCUT2D eigenvalue weighted by Gasteiger charge is 2.32. The lowest BCUT2D eigenvalue weighted by Gasteiger charge is -2.32. The highest BCUT2D eigenvalue weighted by atomic mass is 19.4. The number of amides is 1. The Kier molecular flexibility index (Phi) is 6.95. The van der Waals surface area contributed by atoms with Gasteiger partial charge in [0.25, 0.3) is 0 Å². The van der Waals surface area contributed by atoms with Gasteiger partial charge in [0.15, 0.2) is 5.82 Å². The molecular formula is C24H22F4N4O2. The second-order valence-corrected chi connectivity index (χ2v) is 7.94. The third kappa shape index (κ3) is 6.00. The fraction of sp³-hybridized carbons (Fsp3) is 0.292. The van der Waals surface area contributed by atoms with Gasteiger partial charge in [-0.05, 0) is 55.3 Å². The van der Waals surface area contributed by atoms with Gasteiger partial charge in [-0.15, -0.1) is 23.4 Å². The summed E-state index contributed by atoms with van der Waals surface area (Å²) in [6.07, 6.45) is -3.39. The fourth-order valence-electron chi connectivity index (χ4n) is 3.87. The number of nitrogens with one attached hydrogen (secondary N) is 1. The number of carbonyl (C=O) groups excluding carboxylic acids is 1. The maximum atomic E-state index is 13.1. The van der Waals surface area contributed by atoms with Crippen molar-refractivity contribution in [1.29, 1.82) is 0 Å². The van der Waals surface area contributed by atoms with Crippen molar-refractivity contribution in [1.82, 2.24) is 15.5 Å². The molecule has 1 N–H and O–H groups in total. The summed E-state index contributed by atoms with van der Waals surface area (Å²) < 4.78 is 55.0. The molecule has 178 valence electrons. The topological polar surface area (TPSA) is 67.3 Å². The number of benzene rings is 2. The van der Waals surface area contributed by atoms with Gasteiger partial charge in [-0.2, -0.15) is 0 Å². The van der Waals surface area contributed by atoms with E-state index in [0.29, 0.717) is 31.0 Å². The Morgan fingerprint density at radius 1 is 1.06 bits per heavy atom. The van der Waals surface area contributed by atoms with Crippen LogP contribution in [0.1, 0.15) is 18.4 Å². The van der Waals surface area contributed by atoms with E-state index in [2.05, 4.69) is 20.3 Å². The Morgan fingerprint density at radius 2 is 1.82 bits per heavy atom. The average Bonchev–Trinajstić information content (AvgIpc) is 2.83. The van der Waals surface area contributed by atoms with Crippen molar-refractivity contribution in [3.05, 3.63) is 72.0 Å². The molecule has 2 heterocycles. The lowest BCUT2D eigenvalue weighted by molar-refractivity contribution is -0.274. The Balaban J connectivity index is 1.37. The minimum atomic E-state index is -4.81.